The second kappa shape index (κ2) is 4.52. The van der Waals surface area contributed by atoms with Crippen LogP contribution < -0.4 is 5.32 Å². The first-order valence-corrected chi connectivity index (χ1v) is 5.81. The molecule has 1 aliphatic heterocycles. The molecule has 2 unspecified atom stereocenters. The average Bonchev–Trinajstić information content (AvgIpc) is 2.45. The molecule has 1 nitrogen and oxygen atoms in total. The molecule has 0 amide bonds. The normalized spacial score (nSPS) is 28.6. The van der Waals surface area contributed by atoms with Gasteiger partial charge in [-0.25, -0.2) is 0 Å². The summed E-state index contributed by atoms with van der Waals surface area (Å²) in [6, 6.07) is 0.584. The minimum atomic E-state index is 0.584. The molecule has 1 heterocycles. The second-order valence-corrected chi connectivity index (χ2v) is 4.20. The molecule has 80 valence electrons. The van der Waals surface area contributed by atoms with Crippen LogP contribution in [0.25, 0.3) is 0 Å². The lowest BCUT2D eigenvalue weighted by Gasteiger charge is -2.18. The number of hydrogen-bond donors (Lipinski definition) is 1. The number of hydrogen-bond acceptors (Lipinski definition) is 1. The predicted octanol–water partition coefficient (Wildman–Crippen LogP) is 3.33. The Bertz CT molecular complexity index is 333. The molecule has 0 radical (unpaired) electrons. The largest absolute Gasteiger partial charge is 0.381 e. The third kappa shape index (κ3) is 1.92. The molecule has 0 spiro atoms. The summed E-state index contributed by atoms with van der Waals surface area (Å²) >= 11 is 0. The first-order valence-electron chi connectivity index (χ1n) is 5.81. The first-order chi connectivity index (χ1) is 7.36. The van der Waals surface area contributed by atoms with Gasteiger partial charge in [0.1, 0.15) is 0 Å². The highest BCUT2D eigenvalue weighted by molar-refractivity contribution is 5.41. The van der Waals surface area contributed by atoms with Gasteiger partial charge in [0, 0.05) is 17.7 Å². The van der Waals surface area contributed by atoms with Gasteiger partial charge in [-0.3, -0.25) is 0 Å². The van der Waals surface area contributed by atoms with Gasteiger partial charge in [0.2, 0.25) is 0 Å². The predicted molar refractivity (Wildman–Crippen MR) is 65.4 cm³/mol. The zero-order chi connectivity index (χ0) is 10.7. The third-order valence-corrected chi connectivity index (χ3v) is 3.25. The topological polar surface area (TPSA) is 12.0 Å². The van der Waals surface area contributed by atoms with Gasteiger partial charge in [-0.2, -0.15) is 0 Å². The maximum Gasteiger partial charge on any atom is 0.0375 e. The van der Waals surface area contributed by atoms with Crippen molar-refractivity contribution in [1.29, 1.82) is 0 Å². The van der Waals surface area contributed by atoms with Crippen LogP contribution in [-0.2, 0) is 0 Å². The zero-order valence-electron chi connectivity index (χ0n) is 9.37. The molecule has 2 atom stereocenters. The Morgan fingerprint density at radius 2 is 2.27 bits per heavy atom. The van der Waals surface area contributed by atoms with E-state index in [1.165, 1.54) is 17.7 Å². The fraction of sp³-hybridized carbons (Fsp3) is 0.429. The van der Waals surface area contributed by atoms with Crippen LogP contribution in [0.1, 0.15) is 26.2 Å². The number of rotatable bonds is 3. The van der Waals surface area contributed by atoms with Crippen molar-refractivity contribution in [3.63, 3.8) is 0 Å². The number of allylic oxidation sites excluding steroid dienone is 5. The highest BCUT2D eigenvalue weighted by Gasteiger charge is 2.30. The van der Waals surface area contributed by atoms with E-state index in [4.69, 9.17) is 0 Å². The fourth-order valence-electron chi connectivity index (χ4n) is 2.47. The lowest BCUT2D eigenvalue weighted by atomic mass is 9.89. The van der Waals surface area contributed by atoms with Crippen molar-refractivity contribution in [3.05, 3.63) is 48.2 Å². The average molecular weight is 201 g/mol. The molecule has 1 heteroatoms. The Morgan fingerprint density at radius 3 is 3.00 bits per heavy atom. The Balaban J connectivity index is 2.27. The van der Waals surface area contributed by atoms with Gasteiger partial charge in [0.15, 0.2) is 0 Å². The molecule has 0 saturated heterocycles. The highest BCUT2D eigenvalue weighted by atomic mass is 15.0. The summed E-state index contributed by atoms with van der Waals surface area (Å²) in [7, 11) is 0. The number of nitrogens with one attached hydrogen (secondary N) is 1. The van der Waals surface area contributed by atoms with Crippen LogP contribution in [0.2, 0.25) is 0 Å². The SMILES string of the molecule is C=CCC1C2=C(C=CCC=C2)NC1CC. The smallest absolute Gasteiger partial charge is 0.0375 e. The van der Waals surface area contributed by atoms with Gasteiger partial charge in [-0.15, -0.1) is 6.58 Å². The Kier molecular flexibility index (Phi) is 3.10. The van der Waals surface area contributed by atoms with E-state index in [0.717, 1.165) is 12.8 Å². The molecule has 0 saturated carbocycles. The molecular weight excluding hydrogens is 182 g/mol. The van der Waals surface area contributed by atoms with Crippen LogP contribution in [0.3, 0.4) is 0 Å². The molecule has 2 aliphatic rings. The Hall–Kier alpha value is -1.24. The molecule has 15 heavy (non-hydrogen) atoms. The minimum Gasteiger partial charge on any atom is -0.381 e. The summed E-state index contributed by atoms with van der Waals surface area (Å²) in [6.07, 6.45) is 14.3. The summed E-state index contributed by atoms with van der Waals surface area (Å²) in [5.41, 5.74) is 2.79. The summed E-state index contributed by atoms with van der Waals surface area (Å²) in [6.45, 7) is 6.11. The van der Waals surface area contributed by atoms with Crippen LogP contribution in [0.5, 0.6) is 0 Å². The third-order valence-electron chi connectivity index (χ3n) is 3.25. The van der Waals surface area contributed by atoms with Crippen molar-refractivity contribution in [1.82, 2.24) is 5.32 Å². The fourth-order valence-corrected chi connectivity index (χ4v) is 2.47. The Labute approximate surface area is 92.3 Å². The molecule has 0 aromatic carbocycles. The van der Waals surface area contributed by atoms with E-state index in [0.29, 0.717) is 12.0 Å². The molecule has 1 aliphatic carbocycles. The molecule has 0 aromatic rings. The van der Waals surface area contributed by atoms with Gasteiger partial charge < -0.3 is 5.32 Å². The molecule has 2 rings (SSSR count). The minimum absolute atomic E-state index is 0.584. The van der Waals surface area contributed by atoms with Crippen LogP contribution >= 0.6 is 0 Å². The maximum atomic E-state index is 3.86. The second-order valence-electron chi connectivity index (χ2n) is 4.20. The van der Waals surface area contributed by atoms with Crippen molar-refractivity contribution < 1.29 is 0 Å². The van der Waals surface area contributed by atoms with E-state index >= 15 is 0 Å². The lowest BCUT2D eigenvalue weighted by Crippen LogP contribution is -2.27. The van der Waals surface area contributed by atoms with Crippen molar-refractivity contribution >= 4 is 0 Å². The van der Waals surface area contributed by atoms with Crippen molar-refractivity contribution in [2.75, 3.05) is 0 Å². The van der Waals surface area contributed by atoms with Crippen LogP contribution in [-0.4, -0.2) is 6.04 Å². The summed E-state index contributed by atoms with van der Waals surface area (Å²) < 4.78 is 0. The van der Waals surface area contributed by atoms with Gasteiger partial charge >= 0.3 is 0 Å². The first kappa shape index (κ1) is 10.3. The lowest BCUT2D eigenvalue weighted by molar-refractivity contribution is 0.461. The van der Waals surface area contributed by atoms with Crippen molar-refractivity contribution in [2.45, 2.75) is 32.2 Å². The van der Waals surface area contributed by atoms with Crippen molar-refractivity contribution in [2.24, 2.45) is 5.92 Å². The standard InChI is InChI=1S/C14H19N/c1-3-8-11-12-9-6-5-7-10-14(12)15-13(11)4-2/h3,6-7,9-11,13,15H,1,4-5,8H2,2H3. The van der Waals surface area contributed by atoms with Crippen LogP contribution in [0.15, 0.2) is 48.2 Å². The van der Waals surface area contributed by atoms with E-state index in [1.54, 1.807) is 0 Å². The van der Waals surface area contributed by atoms with E-state index in [2.05, 4.69) is 43.1 Å². The molecule has 0 fully saturated rings. The summed E-state index contributed by atoms with van der Waals surface area (Å²) in [5.74, 6) is 0.612. The summed E-state index contributed by atoms with van der Waals surface area (Å²) in [4.78, 5) is 0. The monoisotopic (exact) mass is 201 g/mol. The molecule has 0 aromatic heterocycles. The van der Waals surface area contributed by atoms with E-state index in [1.807, 2.05) is 6.08 Å². The van der Waals surface area contributed by atoms with Crippen molar-refractivity contribution in [3.8, 4) is 0 Å². The van der Waals surface area contributed by atoms with E-state index in [-0.39, 0.29) is 0 Å². The van der Waals surface area contributed by atoms with Gasteiger partial charge in [0.25, 0.3) is 0 Å². The Morgan fingerprint density at radius 1 is 1.47 bits per heavy atom. The molecule has 1 N–H and O–H groups in total. The van der Waals surface area contributed by atoms with Gasteiger partial charge in [-0.1, -0.05) is 31.2 Å². The van der Waals surface area contributed by atoms with Gasteiger partial charge in [-0.05, 0) is 30.9 Å². The van der Waals surface area contributed by atoms with E-state index < -0.39 is 0 Å². The van der Waals surface area contributed by atoms with E-state index in [9.17, 15) is 0 Å². The molecule has 0 bridgehead atoms. The highest BCUT2D eigenvalue weighted by Crippen LogP contribution is 2.33. The van der Waals surface area contributed by atoms with Crippen LogP contribution in [0.4, 0.5) is 0 Å². The van der Waals surface area contributed by atoms with Crippen LogP contribution in [0, 0.1) is 5.92 Å². The molecular formula is C14H19N. The zero-order valence-corrected chi connectivity index (χ0v) is 9.37. The quantitative estimate of drug-likeness (QED) is 0.691. The maximum absolute atomic E-state index is 3.86. The summed E-state index contributed by atoms with van der Waals surface area (Å²) in [5, 5.41) is 3.61. The van der Waals surface area contributed by atoms with Gasteiger partial charge in [0.05, 0.1) is 0 Å².